The summed E-state index contributed by atoms with van der Waals surface area (Å²) >= 11 is 0. The lowest BCUT2D eigenvalue weighted by Gasteiger charge is -1.86. The third-order valence-electron chi connectivity index (χ3n) is 1.34. The molecule has 0 heterocycles. The van der Waals surface area contributed by atoms with Gasteiger partial charge in [-0.15, -0.1) is 0 Å². The van der Waals surface area contributed by atoms with E-state index in [-0.39, 0.29) is 6.61 Å². The summed E-state index contributed by atoms with van der Waals surface area (Å²) in [5, 5.41) is 8.49. The monoisotopic (exact) mass is 98.1 g/mol. The molecule has 0 spiro atoms. The molecule has 1 saturated carbocycles. The molecule has 1 N–H and O–H groups in total. The SMILES string of the molecule is CC(CO)=C1CC1. The first kappa shape index (κ1) is 4.85. The number of aliphatic hydroxyl groups is 1. The largest absolute Gasteiger partial charge is 0.392 e. The molecule has 1 heteroatoms. The highest BCUT2D eigenvalue weighted by Gasteiger charge is 2.12. The van der Waals surface area contributed by atoms with Crippen LogP contribution in [0.25, 0.3) is 0 Å². The lowest BCUT2D eigenvalue weighted by molar-refractivity contribution is 0.331. The van der Waals surface area contributed by atoms with Gasteiger partial charge in [-0.1, -0.05) is 5.57 Å². The first-order valence-electron chi connectivity index (χ1n) is 2.63. The van der Waals surface area contributed by atoms with E-state index in [2.05, 4.69) is 0 Å². The first-order valence-corrected chi connectivity index (χ1v) is 2.63. The highest BCUT2D eigenvalue weighted by Crippen LogP contribution is 2.30. The normalized spacial score (nSPS) is 17.1. The third-order valence-corrected chi connectivity index (χ3v) is 1.34. The summed E-state index contributed by atoms with van der Waals surface area (Å²) in [6.07, 6.45) is 2.46. The summed E-state index contributed by atoms with van der Waals surface area (Å²) in [6.45, 7) is 2.25. The Labute approximate surface area is 43.7 Å². The Hall–Kier alpha value is -0.300. The molecule has 1 aliphatic rings. The van der Waals surface area contributed by atoms with Crippen LogP contribution in [0.1, 0.15) is 19.8 Å². The predicted octanol–water partition coefficient (Wildman–Crippen LogP) is 1.09. The standard InChI is InChI=1S/C6H10O/c1-5(4-7)6-2-3-6/h7H,2-4H2,1H3. The Morgan fingerprint density at radius 1 is 1.71 bits per heavy atom. The zero-order chi connectivity index (χ0) is 5.28. The number of aliphatic hydroxyl groups excluding tert-OH is 1. The maximum Gasteiger partial charge on any atom is 0.0641 e. The first-order chi connectivity index (χ1) is 3.34. The zero-order valence-corrected chi connectivity index (χ0v) is 4.57. The molecular formula is C6H10O. The van der Waals surface area contributed by atoms with Crippen molar-refractivity contribution in [1.29, 1.82) is 0 Å². The number of hydrogen-bond donors (Lipinski definition) is 1. The van der Waals surface area contributed by atoms with Crippen molar-refractivity contribution < 1.29 is 5.11 Å². The van der Waals surface area contributed by atoms with Gasteiger partial charge >= 0.3 is 0 Å². The van der Waals surface area contributed by atoms with E-state index in [1.807, 2.05) is 6.92 Å². The predicted molar refractivity (Wildman–Crippen MR) is 29.0 cm³/mol. The highest BCUT2D eigenvalue weighted by molar-refractivity contribution is 5.23. The Kier molecular flexibility index (Phi) is 1.15. The minimum absolute atomic E-state index is 0.259. The van der Waals surface area contributed by atoms with Gasteiger partial charge < -0.3 is 5.11 Å². The molecule has 0 radical (unpaired) electrons. The number of hydrogen-bond acceptors (Lipinski definition) is 1. The second kappa shape index (κ2) is 1.66. The molecule has 1 rings (SSSR count). The summed E-state index contributed by atoms with van der Waals surface area (Å²) < 4.78 is 0. The van der Waals surface area contributed by atoms with Crippen LogP contribution in [0.3, 0.4) is 0 Å². The zero-order valence-electron chi connectivity index (χ0n) is 4.57. The van der Waals surface area contributed by atoms with Crippen LogP contribution in [0.2, 0.25) is 0 Å². The lowest BCUT2D eigenvalue weighted by Crippen LogP contribution is -1.81. The van der Waals surface area contributed by atoms with Crippen molar-refractivity contribution in [3.8, 4) is 0 Å². The van der Waals surface area contributed by atoms with Crippen molar-refractivity contribution in [3.05, 3.63) is 11.1 Å². The van der Waals surface area contributed by atoms with Crippen molar-refractivity contribution in [1.82, 2.24) is 0 Å². The van der Waals surface area contributed by atoms with Gasteiger partial charge in [0.1, 0.15) is 0 Å². The van der Waals surface area contributed by atoms with E-state index in [4.69, 9.17) is 5.11 Å². The Balaban J connectivity index is 2.49. The molecule has 0 atom stereocenters. The van der Waals surface area contributed by atoms with Gasteiger partial charge in [0.25, 0.3) is 0 Å². The second-order valence-corrected chi connectivity index (χ2v) is 2.04. The van der Waals surface area contributed by atoms with Crippen LogP contribution in [0, 0.1) is 0 Å². The van der Waals surface area contributed by atoms with Crippen LogP contribution in [-0.2, 0) is 0 Å². The van der Waals surface area contributed by atoms with Gasteiger partial charge in [0.2, 0.25) is 0 Å². The molecule has 1 fully saturated rings. The summed E-state index contributed by atoms with van der Waals surface area (Å²) in [5.74, 6) is 0. The average Bonchev–Trinajstić information content (AvgIpc) is 2.44. The lowest BCUT2D eigenvalue weighted by atomic mass is 10.3. The molecule has 0 unspecified atom stereocenters. The van der Waals surface area contributed by atoms with E-state index in [9.17, 15) is 0 Å². The molecule has 40 valence electrons. The molecule has 7 heavy (non-hydrogen) atoms. The van der Waals surface area contributed by atoms with Crippen LogP contribution < -0.4 is 0 Å². The molecule has 0 amide bonds. The Bertz CT molecular complexity index is 96.7. The molecule has 0 aromatic rings. The third kappa shape index (κ3) is 1.03. The molecule has 0 aromatic heterocycles. The molecule has 0 aliphatic heterocycles. The van der Waals surface area contributed by atoms with E-state index < -0.39 is 0 Å². The van der Waals surface area contributed by atoms with E-state index in [1.54, 1.807) is 0 Å². The van der Waals surface area contributed by atoms with Gasteiger partial charge in [0, 0.05) is 0 Å². The fourth-order valence-corrected chi connectivity index (χ4v) is 0.601. The summed E-state index contributed by atoms with van der Waals surface area (Å²) in [4.78, 5) is 0. The van der Waals surface area contributed by atoms with Crippen LogP contribution in [0.4, 0.5) is 0 Å². The van der Waals surface area contributed by atoms with E-state index >= 15 is 0 Å². The van der Waals surface area contributed by atoms with Crippen molar-refractivity contribution in [3.63, 3.8) is 0 Å². The van der Waals surface area contributed by atoms with Gasteiger partial charge in [-0.2, -0.15) is 0 Å². The van der Waals surface area contributed by atoms with Crippen molar-refractivity contribution in [2.24, 2.45) is 0 Å². The quantitative estimate of drug-likeness (QED) is 0.487. The number of rotatable bonds is 1. The van der Waals surface area contributed by atoms with Crippen LogP contribution in [-0.4, -0.2) is 11.7 Å². The number of allylic oxidation sites excluding steroid dienone is 1. The van der Waals surface area contributed by atoms with Crippen molar-refractivity contribution in [2.75, 3.05) is 6.61 Å². The second-order valence-electron chi connectivity index (χ2n) is 2.04. The van der Waals surface area contributed by atoms with Crippen molar-refractivity contribution in [2.45, 2.75) is 19.8 Å². The van der Waals surface area contributed by atoms with E-state index in [0.717, 1.165) is 0 Å². The minimum atomic E-state index is 0.259. The van der Waals surface area contributed by atoms with Gasteiger partial charge in [-0.3, -0.25) is 0 Å². The van der Waals surface area contributed by atoms with Crippen LogP contribution in [0.5, 0.6) is 0 Å². The summed E-state index contributed by atoms with van der Waals surface area (Å²) in [5.41, 5.74) is 2.64. The van der Waals surface area contributed by atoms with Gasteiger partial charge in [-0.05, 0) is 25.3 Å². The van der Waals surface area contributed by atoms with Crippen LogP contribution >= 0.6 is 0 Å². The van der Waals surface area contributed by atoms with Gasteiger partial charge in [0.15, 0.2) is 0 Å². The molecule has 0 bridgehead atoms. The molecule has 0 aromatic carbocycles. The van der Waals surface area contributed by atoms with Crippen LogP contribution in [0.15, 0.2) is 11.1 Å². The molecule has 0 saturated heterocycles. The fourth-order valence-electron chi connectivity index (χ4n) is 0.601. The van der Waals surface area contributed by atoms with Gasteiger partial charge in [-0.25, -0.2) is 0 Å². The molecule has 1 aliphatic carbocycles. The molecular weight excluding hydrogens is 88.1 g/mol. The summed E-state index contributed by atoms with van der Waals surface area (Å²) in [6, 6.07) is 0. The molecule has 1 nitrogen and oxygen atoms in total. The van der Waals surface area contributed by atoms with E-state index in [1.165, 1.54) is 24.0 Å². The Morgan fingerprint density at radius 3 is 2.43 bits per heavy atom. The average molecular weight is 98.1 g/mol. The topological polar surface area (TPSA) is 20.2 Å². The maximum absolute atomic E-state index is 8.49. The highest BCUT2D eigenvalue weighted by atomic mass is 16.3. The fraction of sp³-hybridized carbons (Fsp3) is 0.667. The summed E-state index contributed by atoms with van der Waals surface area (Å²) in [7, 11) is 0. The smallest absolute Gasteiger partial charge is 0.0641 e. The van der Waals surface area contributed by atoms with Crippen molar-refractivity contribution >= 4 is 0 Å². The Morgan fingerprint density at radius 2 is 2.29 bits per heavy atom. The van der Waals surface area contributed by atoms with E-state index in [0.29, 0.717) is 0 Å². The van der Waals surface area contributed by atoms with Gasteiger partial charge in [0.05, 0.1) is 6.61 Å². The maximum atomic E-state index is 8.49. The minimum Gasteiger partial charge on any atom is -0.392 e.